The molecule has 3 heteroatoms. The third kappa shape index (κ3) is 6.58. The van der Waals surface area contributed by atoms with Gasteiger partial charge in [-0.3, -0.25) is 4.90 Å². The maximum atomic E-state index is 5.69. The minimum absolute atomic E-state index is 0.256. The van der Waals surface area contributed by atoms with Gasteiger partial charge in [0.2, 0.25) is 0 Å². The van der Waals surface area contributed by atoms with Gasteiger partial charge in [0.15, 0.2) is 0 Å². The van der Waals surface area contributed by atoms with E-state index in [0.29, 0.717) is 0 Å². The fraction of sp³-hybridized carbons (Fsp3) is 1.00. The van der Waals surface area contributed by atoms with E-state index in [0.717, 1.165) is 32.8 Å². The van der Waals surface area contributed by atoms with Crippen LogP contribution < -0.4 is 5.73 Å². The molecule has 0 saturated heterocycles. The summed E-state index contributed by atoms with van der Waals surface area (Å²) in [4.78, 5) is 2.31. The second-order valence-corrected chi connectivity index (χ2v) is 3.07. The van der Waals surface area contributed by atoms with Gasteiger partial charge in [-0.15, -0.1) is 0 Å². The zero-order valence-electron chi connectivity index (χ0n) is 8.55. The Kier molecular flexibility index (Phi) is 7.45. The first-order valence-electron chi connectivity index (χ1n) is 4.76. The Balaban J connectivity index is 3.39. The normalized spacial score (nSPS) is 13.8. The molecule has 12 heavy (non-hydrogen) atoms. The summed E-state index contributed by atoms with van der Waals surface area (Å²) < 4.78 is 5.26. The van der Waals surface area contributed by atoms with E-state index in [2.05, 4.69) is 11.8 Å². The van der Waals surface area contributed by atoms with Crippen molar-refractivity contribution in [2.24, 2.45) is 5.73 Å². The van der Waals surface area contributed by atoms with Gasteiger partial charge in [-0.25, -0.2) is 0 Å². The maximum Gasteiger partial charge on any atom is 0.0593 e. The third-order valence-corrected chi connectivity index (χ3v) is 1.75. The van der Waals surface area contributed by atoms with Gasteiger partial charge >= 0.3 is 0 Å². The molecule has 0 saturated carbocycles. The third-order valence-electron chi connectivity index (χ3n) is 1.75. The van der Waals surface area contributed by atoms with Crippen molar-refractivity contribution in [3.05, 3.63) is 0 Å². The molecule has 0 unspecified atom stereocenters. The van der Waals surface area contributed by atoms with Crippen LogP contribution in [0.2, 0.25) is 0 Å². The Morgan fingerprint density at radius 1 is 1.42 bits per heavy atom. The van der Waals surface area contributed by atoms with Crippen molar-refractivity contribution in [1.29, 1.82) is 0 Å². The number of hydrogen-bond acceptors (Lipinski definition) is 3. The Morgan fingerprint density at radius 3 is 2.50 bits per heavy atom. The molecule has 0 rings (SSSR count). The molecule has 0 radical (unpaired) electrons. The van der Waals surface area contributed by atoms with Crippen LogP contribution in [-0.4, -0.2) is 43.8 Å². The lowest BCUT2D eigenvalue weighted by atomic mass is 10.3. The summed E-state index contributed by atoms with van der Waals surface area (Å²) in [5.41, 5.74) is 5.69. The molecule has 0 heterocycles. The molecule has 0 aliphatic rings. The summed E-state index contributed by atoms with van der Waals surface area (Å²) >= 11 is 0. The van der Waals surface area contributed by atoms with E-state index in [1.165, 1.54) is 0 Å². The minimum Gasteiger partial charge on any atom is -0.380 e. The maximum absolute atomic E-state index is 5.69. The molecule has 2 N–H and O–H groups in total. The lowest BCUT2D eigenvalue weighted by Crippen LogP contribution is -2.37. The highest BCUT2D eigenvalue weighted by molar-refractivity contribution is 4.61. The fourth-order valence-corrected chi connectivity index (χ4v) is 1.12. The predicted molar refractivity (Wildman–Crippen MR) is 52.3 cm³/mol. The van der Waals surface area contributed by atoms with Gasteiger partial charge in [0.25, 0.3) is 0 Å². The summed E-state index contributed by atoms with van der Waals surface area (Å²) in [5, 5.41) is 0. The van der Waals surface area contributed by atoms with Crippen LogP contribution in [0.3, 0.4) is 0 Å². The lowest BCUT2D eigenvalue weighted by molar-refractivity contribution is 0.113. The zero-order valence-corrected chi connectivity index (χ0v) is 8.55. The van der Waals surface area contributed by atoms with E-state index < -0.39 is 0 Å². The van der Waals surface area contributed by atoms with E-state index in [9.17, 15) is 0 Å². The van der Waals surface area contributed by atoms with Crippen molar-refractivity contribution in [2.75, 3.05) is 32.8 Å². The van der Waals surface area contributed by atoms with Gasteiger partial charge in [-0.1, -0.05) is 6.92 Å². The van der Waals surface area contributed by atoms with Crippen molar-refractivity contribution in [2.45, 2.75) is 26.8 Å². The summed E-state index contributed by atoms with van der Waals surface area (Å²) in [6, 6.07) is 0.256. The summed E-state index contributed by atoms with van der Waals surface area (Å²) in [5.74, 6) is 0. The quantitative estimate of drug-likeness (QED) is 0.577. The van der Waals surface area contributed by atoms with Crippen LogP contribution >= 0.6 is 0 Å². The van der Waals surface area contributed by atoms with Gasteiger partial charge < -0.3 is 10.5 Å². The van der Waals surface area contributed by atoms with E-state index >= 15 is 0 Å². The second-order valence-electron chi connectivity index (χ2n) is 3.07. The van der Waals surface area contributed by atoms with E-state index in [-0.39, 0.29) is 6.04 Å². The number of nitrogens with two attached hydrogens (primary N) is 1. The highest BCUT2D eigenvalue weighted by Crippen LogP contribution is 1.90. The molecule has 0 aromatic rings. The molecule has 0 bridgehead atoms. The molecule has 0 fully saturated rings. The standard InChI is InChI=1S/C9H22N2O/c1-4-11(8-9(3)10)6-7-12-5-2/h9H,4-8,10H2,1-3H3/t9-/m1/s1. The first kappa shape index (κ1) is 11.9. The second kappa shape index (κ2) is 7.53. The van der Waals surface area contributed by atoms with Crippen molar-refractivity contribution >= 4 is 0 Å². The average Bonchev–Trinajstić information content (AvgIpc) is 2.02. The summed E-state index contributed by atoms with van der Waals surface area (Å²) in [7, 11) is 0. The van der Waals surface area contributed by atoms with Gasteiger partial charge in [-0.05, 0) is 20.4 Å². The molecular weight excluding hydrogens is 152 g/mol. The molecule has 74 valence electrons. The first-order chi connectivity index (χ1) is 5.70. The summed E-state index contributed by atoms with van der Waals surface area (Å²) in [6.45, 7) is 10.8. The molecule has 0 aromatic heterocycles. The molecule has 0 amide bonds. The first-order valence-corrected chi connectivity index (χ1v) is 4.76. The number of likely N-dealkylation sites (N-methyl/N-ethyl adjacent to an activating group) is 1. The van der Waals surface area contributed by atoms with Crippen molar-refractivity contribution < 1.29 is 4.74 Å². The molecule has 0 aliphatic carbocycles. The fourth-order valence-electron chi connectivity index (χ4n) is 1.12. The molecule has 3 nitrogen and oxygen atoms in total. The van der Waals surface area contributed by atoms with E-state index in [4.69, 9.17) is 10.5 Å². The van der Waals surface area contributed by atoms with Gasteiger partial charge in [0.1, 0.15) is 0 Å². The average molecular weight is 174 g/mol. The Morgan fingerprint density at radius 2 is 2.08 bits per heavy atom. The van der Waals surface area contributed by atoms with Crippen LogP contribution in [0, 0.1) is 0 Å². The molecular formula is C9H22N2O. The SMILES string of the molecule is CCOCCN(CC)C[C@@H](C)N. The number of ether oxygens (including phenoxy) is 1. The zero-order chi connectivity index (χ0) is 9.40. The van der Waals surface area contributed by atoms with Gasteiger partial charge in [-0.2, -0.15) is 0 Å². The Labute approximate surface area is 75.9 Å². The number of rotatable bonds is 7. The Hall–Kier alpha value is -0.120. The molecule has 0 aliphatic heterocycles. The van der Waals surface area contributed by atoms with Gasteiger partial charge in [0.05, 0.1) is 6.61 Å². The van der Waals surface area contributed by atoms with Crippen LogP contribution in [0.5, 0.6) is 0 Å². The van der Waals surface area contributed by atoms with Crippen LogP contribution in [0.1, 0.15) is 20.8 Å². The van der Waals surface area contributed by atoms with Crippen LogP contribution in [0.25, 0.3) is 0 Å². The largest absolute Gasteiger partial charge is 0.380 e. The summed E-state index contributed by atoms with van der Waals surface area (Å²) in [6.07, 6.45) is 0. The molecule has 0 spiro atoms. The van der Waals surface area contributed by atoms with Crippen molar-refractivity contribution in [1.82, 2.24) is 4.90 Å². The van der Waals surface area contributed by atoms with Crippen molar-refractivity contribution in [3.8, 4) is 0 Å². The highest BCUT2D eigenvalue weighted by atomic mass is 16.5. The lowest BCUT2D eigenvalue weighted by Gasteiger charge is -2.21. The Bertz CT molecular complexity index is 96.5. The van der Waals surface area contributed by atoms with Crippen molar-refractivity contribution in [3.63, 3.8) is 0 Å². The van der Waals surface area contributed by atoms with Crippen LogP contribution in [0.15, 0.2) is 0 Å². The molecule has 0 aromatic carbocycles. The van der Waals surface area contributed by atoms with Gasteiger partial charge in [0, 0.05) is 25.7 Å². The van der Waals surface area contributed by atoms with E-state index in [1.807, 2.05) is 13.8 Å². The smallest absolute Gasteiger partial charge is 0.0593 e. The van der Waals surface area contributed by atoms with Crippen LogP contribution in [-0.2, 0) is 4.74 Å². The van der Waals surface area contributed by atoms with Crippen LogP contribution in [0.4, 0.5) is 0 Å². The molecule has 1 atom stereocenters. The highest BCUT2D eigenvalue weighted by Gasteiger charge is 2.03. The van der Waals surface area contributed by atoms with E-state index in [1.54, 1.807) is 0 Å². The predicted octanol–water partition coefficient (Wildman–Crippen LogP) is 0.692. The number of nitrogens with zero attached hydrogens (tertiary/aromatic N) is 1. The topological polar surface area (TPSA) is 38.5 Å². The minimum atomic E-state index is 0.256. The number of hydrogen-bond donors (Lipinski definition) is 1. The monoisotopic (exact) mass is 174 g/mol.